The predicted octanol–water partition coefficient (Wildman–Crippen LogP) is 3.05. The number of methoxy groups -OCH3 is 2. The first-order valence-corrected chi connectivity index (χ1v) is 8.79. The first kappa shape index (κ1) is 18.2. The number of benzene rings is 1. The quantitative estimate of drug-likeness (QED) is 0.735. The molecule has 1 saturated heterocycles. The molecular weight excluding hydrogens is 288 g/mol. The Labute approximate surface area is 141 Å². The van der Waals surface area contributed by atoms with E-state index in [2.05, 4.69) is 47.9 Å². The molecule has 0 bridgehead atoms. The minimum atomic E-state index is 0.431. The smallest absolute Gasteiger partial charge is 0.123 e. The van der Waals surface area contributed by atoms with Gasteiger partial charge in [-0.25, -0.2) is 0 Å². The first-order chi connectivity index (χ1) is 11.2. The summed E-state index contributed by atoms with van der Waals surface area (Å²) >= 11 is 0. The maximum Gasteiger partial charge on any atom is 0.123 e. The summed E-state index contributed by atoms with van der Waals surface area (Å²) in [4.78, 5) is 5.13. The Morgan fingerprint density at radius 3 is 2.39 bits per heavy atom. The third-order valence-corrected chi connectivity index (χ3v) is 5.05. The maximum atomic E-state index is 5.63. The van der Waals surface area contributed by atoms with Crippen LogP contribution in [0.1, 0.15) is 31.9 Å². The van der Waals surface area contributed by atoms with Crippen LogP contribution in [-0.4, -0.2) is 63.4 Å². The first-order valence-electron chi connectivity index (χ1n) is 8.79. The highest BCUT2D eigenvalue weighted by molar-refractivity contribution is 5.36. The molecule has 0 spiro atoms. The molecule has 1 heterocycles. The van der Waals surface area contributed by atoms with Gasteiger partial charge in [0.25, 0.3) is 0 Å². The Hall–Kier alpha value is -1.10. The van der Waals surface area contributed by atoms with E-state index in [9.17, 15) is 0 Å². The highest BCUT2D eigenvalue weighted by Crippen LogP contribution is 2.36. The van der Waals surface area contributed by atoms with Crippen molar-refractivity contribution in [1.29, 1.82) is 0 Å². The summed E-state index contributed by atoms with van der Waals surface area (Å²) in [6, 6.07) is 8.92. The molecule has 2 atom stereocenters. The van der Waals surface area contributed by atoms with E-state index in [1.54, 1.807) is 14.2 Å². The summed E-state index contributed by atoms with van der Waals surface area (Å²) in [6.07, 6.45) is 1.17. The molecule has 1 aromatic carbocycles. The number of hydrogen-bond acceptors (Lipinski definition) is 4. The lowest BCUT2D eigenvalue weighted by Gasteiger charge is -2.42. The molecule has 0 saturated carbocycles. The van der Waals surface area contributed by atoms with Gasteiger partial charge in [0.15, 0.2) is 0 Å². The van der Waals surface area contributed by atoms with Crippen molar-refractivity contribution in [2.75, 3.05) is 53.6 Å². The van der Waals surface area contributed by atoms with E-state index < -0.39 is 0 Å². The van der Waals surface area contributed by atoms with Crippen molar-refractivity contribution in [2.24, 2.45) is 5.92 Å². The van der Waals surface area contributed by atoms with Crippen LogP contribution in [-0.2, 0) is 4.74 Å². The summed E-state index contributed by atoms with van der Waals surface area (Å²) in [5.41, 5.74) is 1.33. The van der Waals surface area contributed by atoms with E-state index in [-0.39, 0.29) is 0 Å². The number of hydrogen-bond donors (Lipinski definition) is 0. The lowest BCUT2D eigenvalue weighted by molar-refractivity contribution is 0.0560. The third kappa shape index (κ3) is 4.69. The van der Waals surface area contributed by atoms with Gasteiger partial charge in [-0.15, -0.1) is 0 Å². The van der Waals surface area contributed by atoms with Gasteiger partial charge in [0.05, 0.1) is 13.7 Å². The average molecular weight is 320 g/mol. The predicted molar refractivity (Wildman–Crippen MR) is 95.1 cm³/mol. The summed E-state index contributed by atoms with van der Waals surface area (Å²) in [6.45, 7) is 10.9. The molecule has 4 nitrogen and oxygen atoms in total. The zero-order chi connectivity index (χ0) is 16.7. The SMILES string of the molecule is CCC(C)C(c1ccccc1OC)N1CCN(CCOC)CC1. The second kappa shape index (κ2) is 9.26. The zero-order valence-corrected chi connectivity index (χ0v) is 15.1. The highest BCUT2D eigenvalue weighted by Gasteiger charge is 2.30. The summed E-state index contributed by atoms with van der Waals surface area (Å²) in [5, 5.41) is 0. The van der Waals surface area contributed by atoms with Crippen LogP contribution in [0.5, 0.6) is 5.75 Å². The van der Waals surface area contributed by atoms with E-state index in [4.69, 9.17) is 9.47 Å². The van der Waals surface area contributed by atoms with Crippen molar-refractivity contribution in [3.05, 3.63) is 29.8 Å². The minimum Gasteiger partial charge on any atom is -0.496 e. The standard InChI is InChI=1S/C19H32N2O2/c1-5-16(2)19(17-8-6-7-9-18(17)23-4)21-12-10-20(11-13-21)14-15-22-3/h6-9,16,19H,5,10-15H2,1-4H3. The molecule has 0 radical (unpaired) electrons. The van der Waals surface area contributed by atoms with Crippen LogP contribution in [0.25, 0.3) is 0 Å². The highest BCUT2D eigenvalue weighted by atomic mass is 16.5. The van der Waals surface area contributed by atoms with Gasteiger partial charge in [-0.1, -0.05) is 38.5 Å². The van der Waals surface area contributed by atoms with Crippen molar-refractivity contribution in [3.8, 4) is 5.75 Å². The van der Waals surface area contributed by atoms with E-state index in [1.165, 1.54) is 12.0 Å². The number of nitrogens with zero attached hydrogens (tertiary/aromatic N) is 2. The van der Waals surface area contributed by atoms with Crippen LogP contribution in [0, 0.1) is 5.92 Å². The van der Waals surface area contributed by atoms with Crippen molar-refractivity contribution in [3.63, 3.8) is 0 Å². The lowest BCUT2D eigenvalue weighted by atomic mass is 9.90. The van der Waals surface area contributed by atoms with Gasteiger partial charge in [-0.2, -0.15) is 0 Å². The fourth-order valence-corrected chi connectivity index (χ4v) is 3.48. The maximum absolute atomic E-state index is 5.63. The second-order valence-electron chi connectivity index (χ2n) is 6.44. The van der Waals surface area contributed by atoms with Gasteiger partial charge < -0.3 is 9.47 Å². The van der Waals surface area contributed by atoms with Gasteiger partial charge in [0.2, 0.25) is 0 Å². The Morgan fingerprint density at radius 2 is 1.78 bits per heavy atom. The van der Waals surface area contributed by atoms with Crippen LogP contribution in [0.15, 0.2) is 24.3 Å². The fourth-order valence-electron chi connectivity index (χ4n) is 3.48. The number of piperazine rings is 1. The third-order valence-electron chi connectivity index (χ3n) is 5.05. The number of rotatable bonds is 8. The van der Waals surface area contributed by atoms with Gasteiger partial charge in [-0.05, 0) is 12.0 Å². The summed E-state index contributed by atoms with van der Waals surface area (Å²) in [7, 11) is 3.55. The molecule has 1 aliphatic heterocycles. The Balaban J connectivity index is 2.11. The molecule has 0 N–H and O–H groups in total. The molecule has 1 fully saturated rings. The Morgan fingerprint density at radius 1 is 1.09 bits per heavy atom. The van der Waals surface area contributed by atoms with Gasteiger partial charge in [-0.3, -0.25) is 9.80 Å². The minimum absolute atomic E-state index is 0.431. The zero-order valence-electron chi connectivity index (χ0n) is 15.1. The van der Waals surface area contributed by atoms with Crippen molar-refractivity contribution in [1.82, 2.24) is 9.80 Å². The van der Waals surface area contributed by atoms with Crippen molar-refractivity contribution < 1.29 is 9.47 Å². The summed E-state index contributed by atoms with van der Waals surface area (Å²) < 4.78 is 10.8. The summed E-state index contributed by atoms with van der Waals surface area (Å²) in [5.74, 6) is 1.62. The van der Waals surface area contributed by atoms with Gasteiger partial charge >= 0.3 is 0 Å². The van der Waals surface area contributed by atoms with Crippen LogP contribution in [0.4, 0.5) is 0 Å². The van der Waals surface area contributed by atoms with E-state index in [0.717, 1.165) is 45.1 Å². The molecule has 1 aromatic rings. The molecule has 4 heteroatoms. The van der Waals surface area contributed by atoms with E-state index >= 15 is 0 Å². The van der Waals surface area contributed by atoms with E-state index in [0.29, 0.717) is 12.0 Å². The number of ether oxygens (including phenoxy) is 2. The molecule has 130 valence electrons. The monoisotopic (exact) mass is 320 g/mol. The van der Waals surface area contributed by atoms with Crippen LogP contribution < -0.4 is 4.74 Å². The average Bonchev–Trinajstić information content (AvgIpc) is 2.61. The molecule has 0 aromatic heterocycles. The number of para-hydroxylation sites is 1. The van der Waals surface area contributed by atoms with Crippen molar-refractivity contribution >= 4 is 0 Å². The van der Waals surface area contributed by atoms with Crippen LogP contribution >= 0.6 is 0 Å². The molecule has 0 aliphatic carbocycles. The lowest BCUT2D eigenvalue weighted by Crippen LogP contribution is -2.49. The fraction of sp³-hybridized carbons (Fsp3) is 0.684. The van der Waals surface area contributed by atoms with Crippen molar-refractivity contribution in [2.45, 2.75) is 26.3 Å². The molecule has 0 amide bonds. The van der Waals surface area contributed by atoms with E-state index in [1.807, 2.05) is 0 Å². The molecular formula is C19H32N2O2. The molecule has 2 unspecified atom stereocenters. The normalized spacial score (nSPS) is 19.5. The van der Waals surface area contributed by atoms with Gasteiger partial charge in [0, 0.05) is 51.4 Å². The molecule has 2 rings (SSSR count). The van der Waals surface area contributed by atoms with Gasteiger partial charge in [0.1, 0.15) is 5.75 Å². The Bertz CT molecular complexity index is 458. The van der Waals surface area contributed by atoms with Crippen LogP contribution in [0.2, 0.25) is 0 Å². The largest absolute Gasteiger partial charge is 0.496 e. The molecule has 1 aliphatic rings. The topological polar surface area (TPSA) is 24.9 Å². The van der Waals surface area contributed by atoms with Crippen LogP contribution in [0.3, 0.4) is 0 Å². The Kier molecular flexibility index (Phi) is 7.34. The molecule has 23 heavy (non-hydrogen) atoms. The second-order valence-corrected chi connectivity index (χ2v) is 6.44.